The number of carbonyl (C=O) groups excluding carboxylic acids is 1. The van der Waals surface area contributed by atoms with Crippen molar-refractivity contribution in [1.82, 2.24) is 4.98 Å². The van der Waals surface area contributed by atoms with Crippen molar-refractivity contribution >= 4 is 23.4 Å². The number of fused-ring (bicyclic) bond motifs is 1. The Kier molecular flexibility index (Phi) is 3.25. The Hall–Kier alpha value is -1.81. The van der Waals surface area contributed by atoms with Crippen molar-refractivity contribution < 1.29 is 4.79 Å². The van der Waals surface area contributed by atoms with Crippen LogP contribution in [0.2, 0.25) is 0 Å². The first-order valence-electron chi connectivity index (χ1n) is 6.20. The smallest absolute Gasteiger partial charge is 0.261 e. The second-order valence-electron chi connectivity index (χ2n) is 4.40. The molecule has 2 heterocycles. The fourth-order valence-corrected chi connectivity index (χ4v) is 2.95. The fourth-order valence-electron chi connectivity index (χ4n) is 2.41. The van der Waals surface area contributed by atoms with E-state index in [1.165, 1.54) is 17.3 Å². The van der Waals surface area contributed by atoms with Crippen LogP contribution < -0.4 is 4.90 Å². The zero-order valence-corrected chi connectivity index (χ0v) is 11.5. The molecule has 0 N–H and O–H groups in total. The molecule has 4 heteroatoms. The van der Waals surface area contributed by atoms with Crippen LogP contribution in [0.5, 0.6) is 0 Å². The average molecular weight is 270 g/mol. The molecule has 0 spiro atoms. The van der Waals surface area contributed by atoms with Crippen LogP contribution in [0, 0.1) is 0 Å². The normalized spacial score (nSPS) is 13.4. The van der Waals surface area contributed by atoms with Crippen molar-refractivity contribution in [2.24, 2.45) is 0 Å². The van der Waals surface area contributed by atoms with E-state index in [0.29, 0.717) is 5.56 Å². The van der Waals surface area contributed by atoms with Crippen molar-refractivity contribution in [2.75, 3.05) is 17.7 Å². The molecule has 96 valence electrons. The Morgan fingerprint density at radius 3 is 2.95 bits per heavy atom. The van der Waals surface area contributed by atoms with E-state index in [1.54, 1.807) is 6.20 Å². The number of hydrogen-bond acceptors (Lipinski definition) is 3. The van der Waals surface area contributed by atoms with E-state index in [1.807, 2.05) is 41.5 Å². The van der Waals surface area contributed by atoms with E-state index < -0.39 is 0 Å². The van der Waals surface area contributed by atoms with Crippen molar-refractivity contribution in [2.45, 2.75) is 11.4 Å². The lowest BCUT2D eigenvalue weighted by Gasteiger charge is -2.18. The van der Waals surface area contributed by atoms with Crippen LogP contribution in [0.25, 0.3) is 0 Å². The predicted octanol–water partition coefficient (Wildman–Crippen LogP) is 3.01. The van der Waals surface area contributed by atoms with Crippen LogP contribution in [0.3, 0.4) is 0 Å². The Labute approximate surface area is 116 Å². The third kappa shape index (κ3) is 2.12. The number of anilines is 1. The standard InChI is InChI=1S/C15H14N2OS/c1-19-14-12(6-4-9-16-14)15(18)17-10-8-11-5-2-3-7-13(11)17/h2-7,9H,8,10H2,1H3. The van der Waals surface area contributed by atoms with E-state index in [2.05, 4.69) is 11.1 Å². The van der Waals surface area contributed by atoms with Gasteiger partial charge in [-0.05, 0) is 36.4 Å². The highest BCUT2D eigenvalue weighted by molar-refractivity contribution is 7.98. The lowest BCUT2D eigenvalue weighted by atomic mass is 10.2. The number of pyridine rings is 1. The SMILES string of the molecule is CSc1ncccc1C(=O)N1CCc2ccccc21. The van der Waals surface area contributed by atoms with Crippen molar-refractivity contribution in [1.29, 1.82) is 0 Å². The number of benzene rings is 1. The lowest BCUT2D eigenvalue weighted by molar-refractivity contribution is 0.0986. The van der Waals surface area contributed by atoms with Crippen LogP contribution in [-0.4, -0.2) is 23.7 Å². The van der Waals surface area contributed by atoms with Crippen LogP contribution in [0.15, 0.2) is 47.6 Å². The average Bonchev–Trinajstić information content (AvgIpc) is 2.90. The fraction of sp³-hybridized carbons (Fsp3) is 0.200. The van der Waals surface area contributed by atoms with Crippen molar-refractivity contribution in [3.63, 3.8) is 0 Å². The Morgan fingerprint density at radius 1 is 1.26 bits per heavy atom. The minimum absolute atomic E-state index is 0.0439. The van der Waals surface area contributed by atoms with Gasteiger partial charge in [-0.15, -0.1) is 11.8 Å². The maximum absolute atomic E-state index is 12.7. The Morgan fingerprint density at radius 2 is 2.11 bits per heavy atom. The van der Waals surface area contributed by atoms with Gasteiger partial charge in [0.15, 0.2) is 0 Å². The van der Waals surface area contributed by atoms with Gasteiger partial charge in [0, 0.05) is 18.4 Å². The quantitative estimate of drug-likeness (QED) is 0.787. The van der Waals surface area contributed by atoms with E-state index in [9.17, 15) is 4.79 Å². The summed E-state index contributed by atoms with van der Waals surface area (Å²) in [4.78, 5) is 18.8. The van der Waals surface area contributed by atoms with Crippen LogP contribution in [0.4, 0.5) is 5.69 Å². The summed E-state index contributed by atoms with van der Waals surface area (Å²) in [5, 5.41) is 0.789. The number of thioether (sulfide) groups is 1. The third-order valence-corrected chi connectivity index (χ3v) is 4.04. The molecule has 1 aromatic carbocycles. The molecule has 3 nitrogen and oxygen atoms in total. The predicted molar refractivity (Wildman–Crippen MR) is 77.8 cm³/mol. The van der Waals surface area contributed by atoms with Gasteiger partial charge >= 0.3 is 0 Å². The molecule has 19 heavy (non-hydrogen) atoms. The highest BCUT2D eigenvalue weighted by atomic mass is 32.2. The van der Waals surface area contributed by atoms with Crippen LogP contribution in [0.1, 0.15) is 15.9 Å². The van der Waals surface area contributed by atoms with Crippen LogP contribution in [-0.2, 0) is 6.42 Å². The molecule has 2 aromatic rings. The maximum Gasteiger partial charge on any atom is 0.261 e. The number of para-hydroxylation sites is 1. The van der Waals surface area contributed by atoms with E-state index in [-0.39, 0.29) is 5.91 Å². The molecule has 0 saturated heterocycles. The second kappa shape index (κ2) is 5.05. The zero-order valence-electron chi connectivity index (χ0n) is 10.7. The van der Waals surface area contributed by atoms with Gasteiger partial charge in [0.25, 0.3) is 5.91 Å². The number of nitrogens with zero attached hydrogens (tertiary/aromatic N) is 2. The summed E-state index contributed by atoms with van der Waals surface area (Å²) in [5.74, 6) is 0.0439. The molecule has 0 radical (unpaired) electrons. The van der Waals surface area contributed by atoms with E-state index >= 15 is 0 Å². The largest absolute Gasteiger partial charge is 0.308 e. The van der Waals surface area contributed by atoms with Crippen molar-refractivity contribution in [3.8, 4) is 0 Å². The van der Waals surface area contributed by atoms with Gasteiger partial charge in [-0.3, -0.25) is 4.79 Å². The molecular formula is C15H14N2OS. The molecule has 0 unspecified atom stereocenters. The van der Waals surface area contributed by atoms with Gasteiger partial charge in [-0.2, -0.15) is 0 Å². The number of aromatic nitrogens is 1. The molecule has 0 bridgehead atoms. The van der Waals surface area contributed by atoms with Gasteiger partial charge in [-0.25, -0.2) is 4.98 Å². The summed E-state index contributed by atoms with van der Waals surface area (Å²) in [6.07, 6.45) is 4.59. The molecule has 0 atom stereocenters. The summed E-state index contributed by atoms with van der Waals surface area (Å²) in [6, 6.07) is 11.8. The van der Waals surface area contributed by atoms with Gasteiger partial charge in [0.1, 0.15) is 5.03 Å². The topological polar surface area (TPSA) is 33.2 Å². The van der Waals surface area contributed by atoms with E-state index in [4.69, 9.17) is 0 Å². The first kappa shape index (κ1) is 12.2. The molecule has 0 fully saturated rings. The highest BCUT2D eigenvalue weighted by Crippen LogP contribution is 2.30. The van der Waals surface area contributed by atoms with Gasteiger partial charge < -0.3 is 4.90 Å². The molecular weight excluding hydrogens is 256 g/mol. The number of rotatable bonds is 2. The second-order valence-corrected chi connectivity index (χ2v) is 5.19. The minimum atomic E-state index is 0.0439. The van der Waals surface area contributed by atoms with E-state index in [0.717, 1.165) is 23.7 Å². The summed E-state index contributed by atoms with van der Waals surface area (Å²) >= 11 is 1.51. The van der Waals surface area contributed by atoms with Gasteiger partial charge in [-0.1, -0.05) is 18.2 Å². The molecule has 1 aliphatic heterocycles. The summed E-state index contributed by atoms with van der Waals surface area (Å²) in [6.45, 7) is 0.751. The lowest BCUT2D eigenvalue weighted by Crippen LogP contribution is -2.29. The Bertz CT molecular complexity index is 627. The maximum atomic E-state index is 12.7. The summed E-state index contributed by atoms with van der Waals surface area (Å²) in [7, 11) is 0. The highest BCUT2D eigenvalue weighted by Gasteiger charge is 2.26. The minimum Gasteiger partial charge on any atom is -0.308 e. The summed E-state index contributed by atoms with van der Waals surface area (Å²) in [5.41, 5.74) is 2.96. The zero-order chi connectivity index (χ0) is 13.2. The number of amides is 1. The van der Waals surface area contributed by atoms with Gasteiger partial charge in [0.05, 0.1) is 5.56 Å². The molecule has 1 aromatic heterocycles. The molecule has 3 rings (SSSR count). The first-order valence-corrected chi connectivity index (χ1v) is 7.42. The number of hydrogen-bond donors (Lipinski definition) is 0. The monoisotopic (exact) mass is 270 g/mol. The number of carbonyl (C=O) groups is 1. The third-order valence-electron chi connectivity index (χ3n) is 3.33. The Balaban J connectivity index is 1.98. The van der Waals surface area contributed by atoms with Crippen molar-refractivity contribution in [3.05, 3.63) is 53.7 Å². The summed E-state index contributed by atoms with van der Waals surface area (Å²) < 4.78 is 0. The van der Waals surface area contributed by atoms with Gasteiger partial charge in [0.2, 0.25) is 0 Å². The molecule has 1 amide bonds. The molecule has 1 aliphatic rings. The first-order chi connectivity index (χ1) is 9.31. The molecule has 0 aliphatic carbocycles. The van der Waals surface area contributed by atoms with Crippen LogP contribution >= 0.6 is 11.8 Å². The molecule has 0 saturated carbocycles.